The predicted molar refractivity (Wildman–Crippen MR) is 72.6 cm³/mol. The molecule has 1 unspecified atom stereocenters. The van der Waals surface area contributed by atoms with Gasteiger partial charge in [0.25, 0.3) is 0 Å². The molecule has 1 N–H and O–H groups in total. The summed E-state index contributed by atoms with van der Waals surface area (Å²) in [6.45, 7) is 6.50. The van der Waals surface area contributed by atoms with E-state index in [1.54, 1.807) is 7.05 Å². The Morgan fingerprint density at radius 3 is 2.72 bits per heavy atom. The smallest absolute Gasteiger partial charge is 0.224 e. The van der Waals surface area contributed by atoms with Crippen LogP contribution in [0, 0.1) is 12.8 Å². The molecule has 1 amide bonds. The number of carbonyl (C=O) groups excluding carboxylic acids is 1. The number of rotatable bonds is 5. The Labute approximate surface area is 109 Å². The van der Waals surface area contributed by atoms with Crippen LogP contribution in [-0.4, -0.2) is 36.5 Å². The molecule has 1 aromatic heterocycles. The SMILES string of the molecule is CCc1cc(N(C)CC(C)C(=O)NC)nc(C)n1. The Bertz CT molecular complexity index is 419. The molecule has 5 heteroatoms. The number of hydrogen-bond acceptors (Lipinski definition) is 4. The normalized spacial score (nSPS) is 12.1. The lowest BCUT2D eigenvalue weighted by Crippen LogP contribution is -2.34. The first-order valence-corrected chi connectivity index (χ1v) is 6.25. The molecule has 0 bridgehead atoms. The first-order valence-electron chi connectivity index (χ1n) is 6.25. The van der Waals surface area contributed by atoms with E-state index in [9.17, 15) is 4.79 Å². The van der Waals surface area contributed by atoms with Gasteiger partial charge in [0.05, 0.1) is 5.92 Å². The van der Waals surface area contributed by atoms with E-state index in [0.29, 0.717) is 6.54 Å². The molecule has 0 radical (unpaired) electrons. The summed E-state index contributed by atoms with van der Waals surface area (Å²) < 4.78 is 0. The largest absolute Gasteiger partial charge is 0.359 e. The number of hydrogen-bond donors (Lipinski definition) is 1. The van der Waals surface area contributed by atoms with Crippen LogP contribution in [0.4, 0.5) is 5.82 Å². The zero-order valence-electron chi connectivity index (χ0n) is 11.8. The van der Waals surface area contributed by atoms with Gasteiger partial charge >= 0.3 is 0 Å². The van der Waals surface area contributed by atoms with Crippen molar-refractivity contribution in [2.45, 2.75) is 27.2 Å². The van der Waals surface area contributed by atoms with Crippen LogP contribution in [0.1, 0.15) is 25.4 Å². The minimum Gasteiger partial charge on any atom is -0.359 e. The van der Waals surface area contributed by atoms with Crippen molar-refractivity contribution in [2.75, 3.05) is 25.5 Å². The van der Waals surface area contributed by atoms with Gasteiger partial charge in [0.2, 0.25) is 5.91 Å². The Morgan fingerprint density at radius 1 is 1.50 bits per heavy atom. The minimum absolute atomic E-state index is 0.0448. The second kappa shape index (κ2) is 6.33. The van der Waals surface area contributed by atoms with Crippen molar-refractivity contribution in [3.05, 3.63) is 17.6 Å². The predicted octanol–water partition coefficient (Wildman–Crippen LogP) is 1.17. The van der Waals surface area contributed by atoms with Gasteiger partial charge in [-0.05, 0) is 13.3 Å². The molecular weight excluding hydrogens is 228 g/mol. The number of aryl methyl sites for hydroxylation is 2. The lowest BCUT2D eigenvalue weighted by Gasteiger charge is -2.22. The highest BCUT2D eigenvalue weighted by Gasteiger charge is 2.15. The number of nitrogens with one attached hydrogen (secondary N) is 1. The molecule has 0 fully saturated rings. The average Bonchev–Trinajstić information content (AvgIpc) is 2.36. The number of nitrogens with zero attached hydrogens (tertiary/aromatic N) is 3. The van der Waals surface area contributed by atoms with Crippen molar-refractivity contribution in [3.63, 3.8) is 0 Å². The number of amides is 1. The van der Waals surface area contributed by atoms with Crippen molar-refractivity contribution in [3.8, 4) is 0 Å². The van der Waals surface area contributed by atoms with Crippen molar-refractivity contribution in [1.82, 2.24) is 15.3 Å². The van der Waals surface area contributed by atoms with Crippen molar-refractivity contribution < 1.29 is 4.79 Å². The molecule has 0 aliphatic rings. The van der Waals surface area contributed by atoms with Crippen LogP contribution in [0.3, 0.4) is 0 Å². The van der Waals surface area contributed by atoms with Gasteiger partial charge in [0, 0.05) is 32.4 Å². The van der Waals surface area contributed by atoms with E-state index < -0.39 is 0 Å². The maximum absolute atomic E-state index is 11.5. The number of anilines is 1. The molecule has 0 saturated heterocycles. The molecule has 1 heterocycles. The van der Waals surface area contributed by atoms with Crippen LogP contribution < -0.4 is 10.2 Å². The van der Waals surface area contributed by atoms with Gasteiger partial charge in [0.1, 0.15) is 11.6 Å². The number of aromatic nitrogens is 2. The summed E-state index contributed by atoms with van der Waals surface area (Å²) in [5.41, 5.74) is 1.02. The van der Waals surface area contributed by atoms with E-state index in [1.807, 2.05) is 31.9 Å². The van der Waals surface area contributed by atoms with Gasteiger partial charge in [-0.3, -0.25) is 4.79 Å². The molecule has 5 nitrogen and oxygen atoms in total. The van der Waals surface area contributed by atoms with E-state index >= 15 is 0 Å². The monoisotopic (exact) mass is 250 g/mol. The molecule has 1 atom stereocenters. The zero-order valence-corrected chi connectivity index (χ0v) is 11.8. The van der Waals surface area contributed by atoms with Gasteiger partial charge < -0.3 is 10.2 Å². The van der Waals surface area contributed by atoms with Crippen molar-refractivity contribution in [1.29, 1.82) is 0 Å². The fourth-order valence-corrected chi connectivity index (χ4v) is 1.82. The molecule has 0 aromatic carbocycles. The highest BCUT2D eigenvalue weighted by molar-refractivity contribution is 5.78. The summed E-state index contributed by atoms with van der Waals surface area (Å²) in [6.07, 6.45) is 0.884. The molecule has 1 rings (SSSR count). The molecule has 0 spiro atoms. The second-order valence-corrected chi connectivity index (χ2v) is 4.51. The lowest BCUT2D eigenvalue weighted by molar-refractivity contribution is -0.123. The second-order valence-electron chi connectivity index (χ2n) is 4.51. The third-order valence-corrected chi connectivity index (χ3v) is 2.87. The highest BCUT2D eigenvalue weighted by Crippen LogP contribution is 2.13. The Balaban J connectivity index is 2.80. The van der Waals surface area contributed by atoms with Gasteiger partial charge in [0.15, 0.2) is 0 Å². The fourth-order valence-electron chi connectivity index (χ4n) is 1.82. The summed E-state index contributed by atoms with van der Waals surface area (Å²) in [5.74, 6) is 1.61. The van der Waals surface area contributed by atoms with Crippen LogP contribution in [0.25, 0.3) is 0 Å². The van der Waals surface area contributed by atoms with Gasteiger partial charge in [-0.25, -0.2) is 9.97 Å². The molecule has 1 aromatic rings. The Hall–Kier alpha value is -1.65. The Kier molecular flexibility index (Phi) is 5.07. The summed E-state index contributed by atoms with van der Waals surface area (Å²) in [7, 11) is 3.60. The van der Waals surface area contributed by atoms with E-state index in [1.165, 1.54) is 0 Å². The average molecular weight is 250 g/mol. The third kappa shape index (κ3) is 3.68. The van der Waals surface area contributed by atoms with E-state index in [2.05, 4.69) is 22.2 Å². The van der Waals surface area contributed by atoms with Crippen LogP contribution in [0.5, 0.6) is 0 Å². The van der Waals surface area contributed by atoms with Crippen LogP contribution >= 0.6 is 0 Å². The number of carbonyl (C=O) groups is 1. The molecular formula is C13H22N4O. The van der Waals surface area contributed by atoms with E-state index in [-0.39, 0.29) is 11.8 Å². The van der Waals surface area contributed by atoms with Crippen LogP contribution in [-0.2, 0) is 11.2 Å². The van der Waals surface area contributed by atoms with Gasteiger partial charge in [-0.15, -0.1) is 0 Å². The standard InChI is InChI=1S/C13H22N4O/c1-6-11-7-12(16-10(3)15-11)17(5)8-9(2)13(18)14-4/h7,9H,6,8H2,1-5H3,(H,14,18). The third-order valence-electron chi connectivity index (χ3n) is 2.87. The first-order chi connectivity index (χ1) is 8.47. The van der Waals surface area contributed by atoms with Crippen LogP contribution in [0.15, 0.2) is 6.07 Å². The molecule has 0 aliphatic carbocycles. The molecule has 0 saturated carbocycles. The topological polar surface area (TPSA) is 58.1 Å². The minimum atomic E-state index is -0.0691. The zero-order chi connectivity index (χ0) is 13.7. The maximum Gasteiger partial charge on any atom is 0.224 e. The van der Waals surface area contributed by atoms with Crippen LogP contribution in [0.2, 0.25) is 0 Å². The van der Waals surface area contributed by atoms with Crippen molar-refractivity contribution in [2.24, 2.45) is 5.92 Å². The highest BCUT2D eigenvalue weighted by atomic mass is 16.1. The summed E-state index contributed by atoms with van der Waals surface area (Å²) in [4.78, 5) is 22.2. The van der Waals surface area contributed by atoms with E-state index in [4.69, 9.17) is 0 Å². The summed E-state index contributed by atoms with van der Waals surface area (Å²) in [6, 6.07) is 1.98. The van der Waals surface area contributed by atoms with E-state index in [0.717, 1.165) is 23.8 Å². The fraction of sp³-hybridized carbons (Fsp3) is 0.615. The van der Waals surface area contributed by atoms with Gasteiger partial charge in [-0.2, -0.15) is 0 Å². The molecule has 0 aliphatic heterocycles. The summed E-state index contributed by atoms with van der Waals surface area (Å²) in [5, 5.41) is 2.66. The first kappa shape index (κ1) is 14.4. The van der Waals surface area contributed by atoms with Crippen molar-refractivity contribution >= 4 is 11.7 Å². The summed E-state index contributed by atoms with van der Waals surface area (Å²) >= 11 is 0. The quantitative estimate of drug-likeness (QED) is 0.852. The molecule has 100 valence electrons. The van der Waals surface area contributed by atoms with Gasteiger partial charge in [-0.1, -0.05) is 13.8 Å². The maximum atomic E-state index is 11.5. The molecule has 18 heavy (non-hydrogen) atoms. The Morgan fingerprint density at radius 2 is 2.17 bits per heavy atom. The lowest BCUT2D eigenvalue weighted by atomic mass is 10.1.